The first kappa shape index (κ1) is 41.4. The third-order valence-corrected chi connectivity index (χ3v) is 10.4. The average Bonchev–Trinajstić information content (AvgIpc) is 3.08. The van der Waals surface area contributed by atoms with Gasteiger partial charge in [-0.1, -0.05) is 59.1 Å². The fourth-order valence-corrected chi connectivity index (χ4v) is 7.50. The molecule has 4 aliphatic heterocycles. The highest BCUT2D eigenvalue weighted by Crippen LogP contribution is 2.47. The van der Waals surface area contributed by atoms with Crippen LogP contribution in [0, 0.1) is 5.41 Å². The number of rotatable bonds is 9. The Bertz CT molecular complexity index is 1200. The van der Waals surface area contributed by atoms with Crippen LogP contribution in [0.2, 0.25) is 0 Å². The van der Waals surface area contributed by atoms with Crippen LogP contribution < -0.4 is 0 Å². The van der Waals surface area contributed by atoms with Crippen molar-refractivity contribution >= 4 is 11.9 Å². The van der Waals surface area contributed by atoms with E-state index in [2.05, 4.69) is 13.5 Å². The van der Waals surface area contributed by atoms with Crippen LogP contribution in [0.3, 0.4) is 0 Å². The van der Waals surface area contributed by atoms with Crippen LogP contribution in [-0.2, 0) is 42.7 Å². The number of carbonyl (C=O) groups excluding carboxylic acids is 2. The van der Waals surface area contributed by atoms with Gasteiger partial charge in [0, 0.05) is 30.8 Å². The molecule has 0 radical (unpaired) electrons. The van der Waals surface area contributed by atoms with Crippen LogP contribution in [-0.4, -0.2) is 102 Å². The topological polar surface area (TPSA) is 159 Å². The Morgan fingerprint density at radius 2 is 1.73 bits per heavy atom. The molecule has 12 heteroatoms. The predicted octanol–water partition coefficient (Wildman–Crippen LogP) is 5.31. The van der Waals surface area contributed by atoms with Gasteiger partial charge >= 0.3 is 11.9 Å². The molecular weight excluding hydrogens is 660 g/mol. The minimum atomic E-state index is -2.18. The average molecular weight is 723 g/mol. The van der Waals surface area contributed by atoms with Crippen molar-refractivity contribution in [1.29, 1.82) is 0 Å². The van der Waals surface area contributed by atoms with Gasteiger partial charge in [-0.2, -0.15) is 0 Å². The van der Waals surface area contributed by atoms with Crippen molar-refractivity contribution in [1.82, 2.24) is 0 Å². The molecule has 4 aliphatic rings. The zero-order valence-corrected chi connectivity index (χ0v) is 31.1. The summed E-state index contributed by atoms with van der Waals surface area (Å²) < 4.78 is 42.2. The van der Waals surface area contributed by atoms with Crippen molar-refractivity contribution in [2.45, 2.75) is 172 Å². The highest BCUT2D eigenvalue weighted by molar-refractivity contribution is 5.83. The summed E-state index contributed by atoms with van der Waals surface area (Å²) >= 11 is 0. The highest BCUT2D eigenvalue weighted by Gasteiger charge is 2.57. The van der Waals surface area contributed by atoms with Crippen LogP contribution in [0.4, 0.5) is 0 Å². The second-order valence-corrected chi connectivity index (χ2v) is 15.1. The van der Waals surface area contributed by atoms with E-state index in [9.17, 15) is 24.9 Å². The maximum Gasteiger partial charge on any atom is 0.330 e. The SMILES string of the molecule is C=C1C[C@H](O)C[C@@H]2CCC[C@@H](C[C@@H]3CCO[C@H](/C=C/C(C)(C)[C@]4(O)OC(C/C(=C\C(=O)OC)[C@@H]4OC(=O)CCCCCCC)C[C@H](CO)O1)O3)O2. The molecule has 6 bridgehead atoms. The van der Waals surface area contributed by atoms with Crippen LogP contribution in [0.25, 0.3) is 0 Å². The van der Waals surface area contributed by atoms with E-state index in [0.717, 1.165) is 44.9 Å². The first-order chi connectivity index (χ1) is 24.3. The summed E-state index contributed by atoms with van der Waals surface area (Å²) in [7, 11) is 1.25. The second kappa shape index (κ2) is 19.7. The number of hydrogen-bond acceptors (Lipinski definition) is 12. The zero-order chi connectivity index (χ0) is 37.0. The number of carbonyl (C=O) groups is 2. The lowest BCUT2D eigenvalue weighted by molar-refractivity contribution is -0.327. The second-order valence-electron chi connectivity index (χ2n) is 15.1. The fourth-order valence-electron chi connectivity index (χ4n) is 7.50. The minimum absolute atomic E-state index is 0.0145. The summed E-state index contributed by atoms with van der Waals surface area (Å²) in [5.74, 6) is -3.08. The maximum absolute atomic E-state index is 13.3. The van der Waals surface area contributed by atoms with Gasteiger partial charge in [0.2, 0.25) is 5.79 Å². The molecule has 51 heavy (non-hydrogen) atoms. The van der Waals surface area contributed by atoms with Crippen molar-refractivity contribution in [3.63, 3.8) is 0 Å². The van der Waals surface area contributed by atoms with Gasteiger partial charge in [-0.25, -0.2) is 4.79 Å². The third-order valence-electron chi connectivity index (χ3n) is 10.4. The fraction of sp³-hybridized carbons (Fsp3) is 0.795. The molecule has 0 saturated carbocycles. The molecule has 4 rings (SSSR count). The van der Waals surface area contributed by atoms with Gasteiger partial charge in [-0.3, -0.25) is 4.79 Å². The lowest BCUT2D eigenvalue weighted by Gasteiger charge is -2.51. The molecule has 290 valence electrons. The van der Waals surface area contributed by atoms with Crippen LogP contribution in [0.1, 0.15) is 117 Å². The molecule has 0 aliphatic carbocycles. The van der Waals surface area contributed by atoms with Gasteiger partial charge in [0.1, 0.15) is 6.10 Å². The van der Waals surface area contributed by atoms with Crippen molar-refractivity contribution in [3.05, 3.63) is 36.1 Å². The summed E-state index contributed by atoms with van der Waals surface area (Å²) in [4.78, 5) is 26.0. The van der Waals surface area contributed by atoms with E-state index in [0.29, 0.717) is 43.6 Å². The zero-order valence-electron chi connectivity index (χ0n) is 31.1. The van der Waals surface area contributed by atoms with E-state index in [-0.39, 0.29) is 44.0 Å². The normalized spacial score (nSPS) is 36.4. The molecule has 3 N–H and O–H groups in total. The van der Waals surface area contributed by atoms with Crippen molar-refractivity contribution in [2.24, 2.45) is 5.41 Å². The molecule has 0 amide bonds. The molecular formula is C39H62O12. The minimum Gasteiger partial charge on any atom is -0.493 e. The molecule has 12 nitrogen and oxygen atoms in total. The Morgan fingerprint density at radius 1 is 1.00 bits per heavy atom. The number of fused-ring (bicyclic) bond motifs is 6. The van der Waals surface area contributed by atoms with Gasteiger partial charge in [0.05, 0.1) is 56.6 Å². The Labute approximate surface area is 303 Å². The molecule has 9 atom stereocenters. The number of ether oxygens (including phenoxy) is 7. The van der Waals surface area contributed by atoms with Gasteiger partial charge in [-0.15, -0.1) is 0 Å². The van der Waals surface area contributed by atoms with E-state index < -0.39 is 60.5 Å². The van der Waals surface area contributed by atoms with Gasteiger partial charge in [0.25, 0.3) is 0 Å². The number of unbranched alkanes of at least 4 members (excludes halogenated alkanes) is 4. The quantitative estimate of drug-likeness (QED) is 0.122. The molecule has 3 fully saturated rings. The van der Waals surface area contributed by atoms with Gasteiger partial charge in [0.15, 0.2) is 12.4 Å². The number of esters is 2. The molecule has 3 saturated heterocycles. The summed E-state index contributed by atoms with van der Waals surface area (Å²) in [5.41, 5.74) is -0.928. The Morgan fingerprint density at radius 3 is 2.45 bits per heavy atom. The Hall–Kier alpha value is -2.32. The first-order valence-corrected chi connectivity index (χ1v) is 19.0. The lowest BCUT2D eigenvalue weighted by atomic mass is 9.74. The number of aliphatic hydroxyl groups excluding tert-OH is 2. The maximum atomic E-state index is 13.3. The number of methoxy groups -OCH3 is 1. The van der Waals surface area contributed by atoms with E-state index in [4.69, 9.17) is 33.2 Å². The molecule has 0 aromatic rings. The molecule has 0 aromatic heterocycles. The molecule has 1 unspecified atom stereocenters. The van der Waals surface area contributed by atoms with Gasteiger partial charge in [-0.05, 0) is 63.0 Å². The summed E-state index contributed by atoms with van der Waals surface area (Å²) in [5, 5.41) is 34.0. The van der Waals surface area contributed by atoms with Crippen LogP contribution >= 0.6 is 0 Å². The third kappa shape index (κ3) is 12.1. The lowest BCUT2D eigenvalue weighted by Crippen LogP contribution is -2.62. The van der Waals surface area contributed by atoms with Crippen molar-refractivity contribution < 1.29 is 58.1 Å². The van der Waals surface area contributed by atoms with Crippen molar-refractivity contribution in [3.8, 4) is 0 Å². The first-order valence-electron chi connectivity index (χ1n) is 19.0. The van der Waals surface area contributed by atoms with E-state index >= 15 is 0 Å². The van der Waals surface area contributed by atoms with E-state index in [1.165, 1.54) is 13.2 Å². The molecule has 4 heterocycles. The predicted molar refractivity (Wildman–Crippen MR) is 188 cm³/mol. The van der Waals surface area contributed by atoms with Crippen LogP contribution in [0.15, 0.2) is 36.1 Å². The Kier molecular flexibility index (Phi) is 16.0. The number of aliphatic hydroxyl groups is 3. The molecule has 0 aromatic carbocycles. The van der Waals surface area contributed by atoms with E-state index in [1.807, 2.05) is 0 Å². The summed E-state index contributed by atoms with van der Waals surface area (Å²) in [6.45, 7) is 9.71. The number of hydrogen-bond donors (Lipinski definition) is 3. The monoisotopic (exact) mass is 722 g/mol. The summed E-state index contributed by atoms with van der Waals surface area (Å²) in [6, 6.07) is 0. The van der Waals surface area contributed by atoms with Crippen LogP contribution in [0.5, 0.6) is 0 Å². The summed E-state index contributed by atoms with van der Waals surface area (Å²) in [6.07, 6.45) is 9.77. The van der Waals surface area contributed by atoms with Crippen molar-refractivity contribution in [2.75, 3.05) is 20.3 Å². The Balaban J connectivity index is 1.68. The molecule has 0 spiro atoms. The van der Waals surface area contributed by atoms with E-state index in [1.54, 1.807) is 26.0 Å². The van der Waals surface area contributed by atoms with Gasteiger partial charge < -0.3 is 48.5 Å². The smallest absolute Gasteiger partial charge is 0.330 e. The highest BCUT2D eigenvalue weighted by atomic mass is 16.7. The largest absolute Gasteiger partial charge is 0.493 e. The standard InChI is InChI=1S/C39H62O12/c1-6-7-8-9-10-14-34(42)50-37-27(21-35(43)45-5)20-32-24-33(25-40)47-26(2)19-28(41)22-29-12-11-13-30(48-29)23-31-16-18-46-36(49-31)15-17-38(3,4)39(37,44)51-32/h15,17,21,28-33,36-37,40-41,44H,2,6-14,16,18-20,22-25H2,1,3-5H3/b17-15+,27-21+/t28-,29-,30-,31-,32?,33+,36-,37-,39+/m0/s1.